The van der Waals surface area contributed by atoms with Crippen molar-refractivity contribution in [2.75, 3.05) is 18.1 Å². The van der Waals surface area contributed by atoms with Gasteiger partial charge in [-0.05, 0) is 55.9 Å². The molecule has 0 spiro atoms. The van der Waals surface area contributed by atoms with Crippen LogP contribution in [0.5, 0.6) is 0 Å². The molecule has 2 aromatic rings. The van der Waals surface area contributed by atoms with Crippen molar-refractivity contribution in [3.63, 3.8) is 0 Å². The van der Waals surface area contributed by atoms with Gasteiger partial charge >= 0.3 is 0 Å². The first kappa shape index (κ1) is 14.7. The van der Waals surface area contributed by atoms with Crippen molar-refractivity contribution in [2.45, 2.75) is 26.3 Å². The molecule has 0 aliphatic carbocycles. The quantitative estimate of drug-likeness (QED) is 0.918. The Morgan fingerprint density at radius 1 is 1.24 bits per heavy atom. The van der Waals surface area contributed by atoms with Crippen LogP contribution in [0.25, 0.3) is 5.69 Å². The van der Waals surface area contributed by atoms with Crippen molar-refractivity contribution < 1.29 is 0 Å². The van der Waals surface area contributed by atoms with Crippen LogP contribution in [-0.2, 0) is 6.54 Å². The molecular formula is C17H23N3S. The average molecular weight is 301 g/mol. The molecule has 0 amide bonds. The summed E-state index contributed by atoms with van der Waals surface area (Å²) in [6.07, 6.45) is 4.70. The topological polar surface area (TPSA) is 29.9 Å². The number of hydrogen-bond donors (Lipinski definition) is 1. The summed E-state index contributed by atoms with van der Waals surface area (Å²) >= 11 is 2.09. The van der Waals surface area contributed by atoms with Gasteiger partial charge in [0, 0.05) is 12.2 Å². The third-order valence-electron chi connectivity index (χ3n) is 4.11. The molecule has 0 bridgehead atoms. The number of imidazole rings is 1. The molecule has 0 saturated carbocycles. The monoisotopic (exact) mass is 301 g/mol. The van der Waals surface area contributed by atoms with E-state index in [0.29, 0.717) is 0 Å². The van der Waals surface area contributed by atoms with E-state index in [-0.39, 0.29) is 0 Å². The van der Waals surface area contributed by atoms with Crippen LogP contribution in [-0.4, -0.2) is 27.6 Å². The summed E-state index contributed by atoms with van der Waals surface area (Å²) in [7, 11) is 0. The Balaban J connectivity index is 1.63. The highest BCUT2D eigenvalue weighted by atomic mass is 32.2. The van der Waals surface area contributed by atoms with E-state index in [9.17, 15) is 0 Å². The van der Waals surface area contributed by atoms with Crippen LogP contribution in [0.4, 0.5) is 0 Å². The maximum Gasteiger partial charge on any atom is 0.110 e. The number of nitrogens with zero attached hydrogens (tertiary/aromatic N) is 2. The SMILES string of the molecule is Cc1ncc(CNCC2CCSCC2)n1-c1ccccc1. The zero-order chi connectivity index (χ0) is 14.5. The Labute approximate surface area is 131 Å². The van der Waals surface area contributed by atoms with Crippen LogP contribution in [0.2, 0.25) is 0 Å². The Bertz CT molecular complexity index is 559. The molecule has 0 radical (unpaired) electrons. The molecule has 1 fully saturated rings. The second kappa shape index (κ2) is 7.14. The Kier molecular flexibility index (Phi) is 4.99. The first-order valence-corrected chi connectivity index (χ1v) is 8.87. The van der Waals surface area contributed by atoms with Gasteiger partial charge in [-0.3, -0.25) is 4.57 Å². The van der Waals surface area contributed by atoms with E-state index >= 15 is 0 Å². The summed E-state index contributed by atoms with van der Waals surface area (Å²) in [6.45, 7) is 4.08. The summed E-state index contributed by atoms with van der Waals surface area (Å²) in [6, 6.07) is 10.5. The molecule has 3 rings (SSSR count). The number of aromatic nitrogens is 2. The molecule has 1 aliphatic rings. The fraction of sp³-hybridized carbons (Fsp3) is 0.471. The summed E-state index contributed by atoms with van der Waals surface area (Å²) in [5.74, 6) is 4.55. The summed E-state index contributed by atoms with van der Waals surface area (Å²) in [5, 5.41) is 3.62. The van der Waals surface area contributed by atoms with Gasteiger partial charge in [0.2, 0.25) is 0 Å². The molecule has 4 heteroatoms. The molecule has 2 heterocycles. The highest BCUT2D eigenvalue weighted by Gasteiger charge is 2.14. The summed E-state index contributed by atoms with van der Waals surface area (Å²) in [4.78, 5) is 4.48. The number of nitrogens with one attached hydrogen (secondary N) is 1. The largest absolute Gasteiger partial charge is 0.311 e. The van der Waals surface area contributed by atoms with Crippen molar-refractivity contribution in [1.82, 2.24) is 14.9 Å². The van der Waals surface area contributed by atoms with Crippen LogP contribution >= 0.6 is 11.8 Å². The lowest BCUT2D eigenvalue weighted by Gasteiger charge is -2.21. The lowest BCUT2D eigenvalue weighted by atomic mass is 10.0. The van der Waals surface area contributed by atoms with Crippen molar-refractivity contribution in [3.05, 3.63) is 48.0 Å². The van der Waals surface area contributed by atoms with Crippen LogP contribution in [0.3, 0.4) is 0 Å². The highest BCUT2D eigenvalue weighted by molar-refractivity contribution is 7.99. The van der Waals surface area contributed by atoms with Crippen LogP contribution < -0.4 is 5.32 Å². The number of benzene rings is 1. The molecule has 1 aliphatic heterocycles. The van der Waals surface area contributed by atoms with E-state index in [1.165, 1.54) is 35.7 Å². The van der Waals surface area contributed by atoms with Gasteiger partial charge in [-0.2, -0.15) is 11.8 Å². The van der Waals surface area contributed by atoms with Gasteiger partial charge in [-0.1, -0.05) is 18.2 Å². The number of aryl methyl sites for hydroxylation is 1. The third-order valence-corrected chi connectivity index (χ3v) is 5.15. The van der Waals surface area contributed by atoms with Gasteiger partial charge in [-0.15, -0.1) is 0 Å². The number of para-hydroxylation sites is 1. The lowest BCUT2D eigenvalue weighted by Crippen LogP contribution is -2.26. The molecule has 21 heavy (non-hydrogen) atoms. The normalized spacial score (nSPS) is 16.2. The number of rotatable bonds is 5. The Morgan fingerprint density at radius 2 is 2.00 bits per heavy atom. The van der Waals surface area contributed by atoms with E-state index in [1.54, 1.807) is 0 Å². The minimum atomic E-state index is 0.848. The van der Waals surface area contributed by atoms with Gasteiger partial charge < -0.3 is 5.32 Å². The predicted molar refractivity (Wildman–Crippen MR) is 90.1 cm³/mol. The minimum absolute atomic E-state index is 0.848. The molecule has 1 aromatic heterocycles. The first-order chi connectivity index (χ1) is 10.3. The molecular weight excluding hydrogens is 278 g/mol. The fourth-order valence-electron chi connectivity index (χ4n) is 2.90. The average Bonchev–Trinajstić information content (AvgIpc) is 2.90. The van der Waals surface area contributed by atoms with Crippen molar-refractivity contribution in [2.24, 2.45) is 5.92 Å². The second-order valence-corrected chi connectivity index (χ2v) is 6.88. The van der Waals surface area contributed by atoms with Crippen molar-refractivity contribution in [1.29, 1.82) is 0 Å². The molecule has 0 atom stereocenters. The van der Waals surface area contributed by atoms with E-state index in [4.69, 9.17) is 0 Å². The van der Waals surface area contributed by atoms with E-state index in [1.807, 2.05) is 6.20 Å². The Hall–Kier alpha value is -1.26. The van der Waals surface area contributed by atoms with Gasteiger partial charge in [0.05, 0.1) is 11.9 Å². The lowest BCUT2D eigenvalue weighted by molar-refractivity contribution is 0.445. The summed E-state index contributed by atoms with van der Waals surface area (Å²) in [5.41, 5.74) is 2.43. The zero-order valence-electron chi connectivity index (χ0n) is 12.6. The smallest absolute Gasteiger partial charge is 0.110 e. The maximum atomic E-state index is 4.48. The third kappa shape index (κ3) is 3.69. The predicted octanol–water partition coefficient (Wildman–Crippen LogP) is 3.41. The van der Waals surface area contributed by atoms with E-state index < -0.39 is 0 Å². The zero-order valence-corrected chi connectivity index (χ0v) is 13.4. The van der Waals surface area contributed by atoms with E-state index in [0.717, 1.165) is 24.8 Å². The van der Waals surface area contributed by atoms with Crippen LogP contribution in [0.1, 0.15) is 24.4 Å². The highest BCUT2D eigenvalue weighted by Crippen LogP contribution is 2.22. The molecule has 112 valence electrons. The van der Waals surface area contributed by atoms with Gasteiger partial charge in [0.15, 0.2) is 0 Å². The molecule has 1 N–H and O–H groups in total. The first-order valence-electron chi connectivity index (χ1n) is 7.71. The van der Waals surface area contributed by atoms with E-state index in [2.05, 4.69) is 63.9 Å². The molecule has 1 saturated heterocycles. The fourth-order valence-corrected chi connectivity index (χ4v) is 4.10. The Morgan fingerprint density at radius 3 is 2.76 bits per heavy atom. The second-order valence-electron chi connectivity index (χ2n) is 5.65. The maximum absolute atomic E-state index is 4.48. The van der Waals surface area contributed by atoms with Gasteiger partial charge in [-0.25, -0.2) is 4.98 Å². The minimum Gasteiger partial charge on any atom is -0.311 e. The van der Waals surface area contributed by atoms with Crippen molar-refractivity contribution >= 4 is 11.8 Å². The summed E-state index contributed by atoms with van der Waals surface area (Å²) < 4.78 is 2.24. The number of hydrogen-bond acceptors (Lipinski definition) is 3. The van der Waals surface area contributed by atoms with Crippen molar-refractivity contribution in [3.8, 4) is 5.69 Å². The molecule has 0 unspecified atom stereocenters. The molecule has 1 aromatic carbocycles. The standard InChI is InChI=1S/C17H23N3S/c1-14-19-13-17(20(14)16-5-3-2-4-6-16)12-18-11-15-7-9-21-10-8-15/h2-6,13,15,18H,7-12H2,1H3. The van der Waals surface area contributed by atoms with Gasteiger partial charge in [0.1, 0.15) is 5.82 Å². The van der Waals surface area contributed by atoms with Gasteiger partial charge in [0.25, 0.3) is 0 Å². The number of thioether (sulfide) groups is 1. The van der Waals surface area contributed by atoms with Crippen LogP contribution in [0, 0.1) is 12.8 Å². The molecule has 3 nitrogen and oxygen atoms in total. The van der Waals surface area contributed by atoms with Crippen LogP contribution in [0.15, 0.2) is 36.5 Å².